The molecule has 1 saturated heterocycles. The zero-order valence-electron chi connectivity index (χ0n) is 16.5. The van der Waals surface area contributed by atoms with E-state index in [2.05, 4.69) is 36.4 Å². The van der Waals surface area contributed by atoms with Crippen LogP contribution in [0.3, 0.4) is 0 Å². The van der Waals surface area contributed by atoms with Crippen LogP contribution in [-0.4, -0.2) is 47.7 Å². The number of likely N-dealkylation sites (N-methyl/N-ethyl adjacent to an activating group) is 1. The average molecular weight is 388 g/mol. The van der Waals surface area contributed by atoms with E-state index < -0.39 is 0 Å². The molecule has 2 aromatic rings. The van der Waals surface area contributed by atoms with Crippen molar-refractivity contribution < 1.29 is 14.4 Å². The molecule has 29 heavy (non-hydrogen) atoms. The van der Waals surface area contributed by atoms with Crippen LogP contribution in [0, 0.1) is 23.7 Å². The van der Waals surface area contributed by atoms with E-state index in [1.807, 2.05) is 18.2 Å². The van der Waals surface area contributed by atoms with Gasteiger partial charge in [0.25, 0.3) is 0 Å². The number of allylic oxidation sites excluding steroid dienone is 2. The number of carbonyl (C=O) groups excluding carboxylic acids is 3. The molecule has 3 aliphatic rings. The largest absolute Gasteiger partial charge is 0.344 e. The van der Waals surface area contributed by atoms with Crippen molar-refractivity contribution in [2.75, 3.05) is 20.1 Å². The molecule has 2 fully saturated rings. The lowest BCUT2D eigenvalue weighted by Gasteiger charge is -2.22. The van der Waals surface area contributed by atoms with Crippen molar-refractivity contribution in [2.24, 2.45) is 23.7 Å². The Kier molecular flexibility index (Phi) is 4.26. The number of likely N-dealkylation sites (tertiary alicyclic amines) is 1. The van der Waals surface area contributed by atoms with E-state index in [0.29, 0.717) is 6.54 Å². The van der Waals surface area contributed by atoms with Gasteiger partial charge in [0, 0.05) is 13.6 Å². The molecule has 148 valence electrons. The smallest absolute Gasteiger partial charge is 0.242 e. The number of rotatable bonds is 5. The highest BCUT2D eigenvalue weighted by atomic mass is 16.2. The number of benzene rings is 2. The summed E-state index contributed by atoms with van der Waals surface area (Å²) in [6.07, 6.45) is 5.77. The van der Waals surface area contributed by atoms with Gasteiger partial charge in [-0.15, -0.1) is 0 Å². The SMILES string of the molecule is CN(CCc1cccc2ccccc12)C(=O)CN1C(=O)[C@@H]2[C@H](C1=O)[C@H]1C=C[C@H]2C1. The molecule has 1 heterocycles. The van der Waals surface area contributed by atoms with Crippen molar-refractivity contribution in [3.05, 3.63) is 60.2 Å². The van der Waals surface area contributed by atoms with Crippen LogP contribution in [0.1, 0.15) is 12.0 Å². The molecule has 2 aromatic carbocycles. The van der Waals surface area contributed by atoms with Gasteiger partial charge in [0.15, 0.2) is 0 Å². The van der Waals surface area contributed by atoms with Gasteiger partial charge in [-0.2, -0.15) is 0 Å². The monoisotopic (exact) mass is 388 g/mol. The Morgan fingerprint density at radius 1 is 1.00 bits per heavy atom. The third-order valence-corrected chi connectivity index (χ3v) is 6.88. The molecule has 0 spiro atoms. The van der Waals surface area contributed by atoms with Crippen molar-refractivity contribution in [3.63, 3.8) is 0 Å². The Hall–Kier alpha value is -2.95. The number of carbonyl (C=O) groups is 3. The standard InChI is InChI=1S/C24H24N2O3/c1-25(12-11-16-7-4-6-15-5-2-3-8-19(15)16)20(27)14-26-23(28)21-17-9-10-18(13-17)22(21)24(26)29/h2-10,17-18,21-22H,11-14H2,1H3/t17-,18-,21-,22+/m0/s1. The minimum absolute atomic E-state index is 0.143. The quantitative estimate of drug-likeness (QED) is 0.585. The summed E-state index contributed by atoms with van der Waals surface area (Å²) in [5.74, 6) is -0.651. The van der Waals surface area contributed by atoms with Gasteiger partial charge in [0.05, 0.1) is 11.8 Å². The number of hydrogen-bond donors (Lipinski definition) is 0. The third-order valence-electron chi connectivity index (χ3n) is 6.88. The van der Waals surface area contributed by atoms with Crippen LogP contribution in [0.4, 0.5) is 0 Å². The Balaban J connectivity index is 1.23. The molecule has 0 unspecified atom stereocenters. The first kappa shape index (κ1) is 18.1. The van der Waals surface area contributed by atoms with Gasteiger partial charge in [0.2, 0.25) is 17.7 Å². The van der Waals surface area contributed by atoms with Crippen molar-refractivity contribution >= 4 is 28.5 Å². The first-order valence-corrected chi connectivity index (χ1v) is 10.3. The highest BCUT2D eigenvalue weighted by molar-refractivity contribution is 6.08. The second kappa shape index (κ2) is 6.83. The molecule has 3 amide bonds. The van der Waals surface area contributed by atoms with E-state index in [9.17, 15) is 14.4 Å². The minimum atomic E-state index is -0.244. The summed E-state index contributed by atoms with van der Waals surface area (Å²) < 4.78 is 0. The lowest BCUT2D eigenvalue weighted by atomic mass is 9.85. The third kappa shape index (κ3) is 2.87. The molecular formula is C24H24N2O3. The molecule has 5 nitrogen and oxygen atoms in total. The molecule has 4 atom stereocenters. The molecule has 5 heteroatoms. The molecular weight excluding hydrogens is 364 g/mol. The number of fused-ring (bicyclic) bond motifs is 6. The predicted octanol–water partition coefficient (Wildman–Crippen LogP) is 2.65. The van der Waals surface area contributed by atoms with Gasteiger partial charge in [0.1, 0.15) is 6.54 Å². The summed E-state index contributed by atoms with van der Waals surface area (Å²) in [6.45, 7) is 0.402. The molecule has 0 N–H and O–H groups in total. The normalized spacial score (nSPS) is 27.1. The fraction of sp³-hybridized carbons (Fsp3) is 0.375. The molecule has 1 aliphatic heterocycles. The van der Waals surface area contributed by atoms with E-state index in [-0.39, 0.29) is 47.9 Å². The highest BCUT2D eigenvalue weighted by Gasteiger charge is 2.59. The van der Waals surface area contributed by atoms with Gasteiger partial charge in [-0.25, -0.2) is 0 Å². The summed E-state index contributed by atoms with van der Waals surface area (Å²) in [5, 5.41) is 2.37. The van der Waals surface area contributed by atoms with Crippen LogP contribution in [0.25, 0.3) is 10.8 Å². The lowest BCUT2D eigenvalue weighted by molar-refractivity contribution is -0.146. The summed E-state index contributed by atoms with van der Waals surface area (Å²) in [7, 11) is 1.74. The Bertz CT molecular complexity index is 1010. The Morgan fingerprint density at radius 2 is 1.66 bits per heavy atom. The maximum Gasteiger partial charge on any atom is 0.242 e. The van der Waals surface area contributed by atoms with E-state index in [1.54, 1.807) is 11.9 Å². The second-order valence-corrected chi connectivity index (χ2v) is 8.47. The van der Waals surface area contributed by atoms with Gasteiger partial charge in [-0.1, -0.05) is 54.6 Å². The second-order valence-electron chi connectivity index (χ2n) is 8.47. The predicted molar refractivity (Wildman–Crippen MR) is 110 cm³/mol. The van der Waals surface area contributed by atoms with Crippen LogP contribution in [-0.2, 0) is 20.8 Å². The summed E-state index contributed by atoms with van der Waals surface area (Å²) in [6, 6.07) is 14.4. The maximum absolute atomic E-state index is 12.8. The van der Waals surface area contributed by atoms with Crippen LogP contribution in [0.15, 0.2) is 54.6 Å². The fourth-order valence-corrected chi connectivity index (χ4v) is 5.30. The van der Waals surface area contributed by atoms with E-state index >= 15 is 0 Å². The van der Waals surface area contributed by atoms with Crippen molar-refractivity contribution in [1.29, 1.82) is 0 Å². The van der Waals surface area contributed by atoms with Gasteiger partial charge < -0.3 is 4.90 Å². The van der Waals surface area contributed by atoms with Crippen LogP contribution < -0.4 is 0 Å². The molecule has 2 bridgehead atoms. The summed E-state index contributed by atoms with van der Waals surface area (Å²) in [5.41, 5.74) is 1.19. The Morgan fingerprint density at radius 3 is 2.38 bits per heavy atom. The first-order chi connectivity index (χ1) is 14.0. The fourth-order valence-electron chi connectivity index (χ4n) is 5.30. The number of nitrogens with zero attached hydrogens (tertiary/aromatic N) is 2. The minimum Gasteiger partial charge on any atom is -0.344 e. The number of imide groups is 1. The summed E-state index contributed by atoms with van der Waals surface area (Å²) >= 11 is 0. The van der Waals surface area contributed by atoms with Crippen LogP contribution in [0.2, 0.25) is 0 Å². The Labute approximate surface area is 170 Å². The van der Waals surface area contributed by atoms with E-state index in [1.165, 1.54) is 21.2 Å². The van der Waals surface area contributed by atoms with Crippen molar-refractivity contribution in [3.8, 4) is 0 Å². The van der Waals surface area contributed by atoms with Crippen molar-refractivity contribution in [1.82, 2.24) is 9.80 Å². The van der Waals surface area contributed by atoms with Crippen molar-refractivity contribution in [2.45, 2.75) is 12.8 Å². The number of hydrogen-bond acceptors (Lipinski definition) is 3. The molecule has 2 aliphatic carbocycles. The van der Waals surface area contributed by atoms with E-state index in [4.69, 9.17) is 0 Å². The lowest BCUT2D eigenvalue weighted by Crippen LogP contribution is -2.43. The van der Waals surface area contributed by atoms with Crippen LogP contribution in [0.5, 0.6) is 0 Å². The molecule has 0 aromatic heterocycles. The molecule has 1 saturated carbocycles. The van der Waals surface area contributed by atoms with Gasteiger partial charge in [-0.05, 0) is 41.0 Å². The van der Waals surface area contributed by atoms with Crippen LogP contribution >= 0.6 is 0 Å². The average Bonchev–Trinajstić information content (AvgIpc) is 3.42. The molecule has 0 radical (unpaired) electrons. The highest BCUT2D eigenvalue weighted by Crippen LogP contribution is 2.52. The molecule has 5 rings (SSSR count). The summed E-state index contributed by atoms with van der Waals surface area (Å²) in [4.78, 5) is 41.1. The topological polar surface area (TPSA) is 57.7 Å². The van der Waals surface area contributed by atoms with E-state index in [0.717, 1.165) is 12.8 Å². The maximum atomic E-state index is 12.8. The zero-order valence-corrected chi connectivity index (χ0v) is 16.5. The number of amides is 3. The van der Waals surface area contributed by atoms with Gasteiger partial charge >= 0.3 is 0 Å². The first-order valence-electron chi connectivity index (χ1n) is 10.3. The zero-order chi connectivity index (χ0) is 20.1. The van der Waals surface area contributed by atoms with Gasteiger partial charge in [-0.3, -0.25) is 19.3 Å².